The maximum Gasteiger partial charge on any atom is 0.122 e. The van der Waals surface area contributed by atoms with Gasteiger partial charge in [0.1, 0.15) is 12.4 Å². The van der Waals surface area contributed by atoms with E-state index in [0.717, 1.165) is 17.0 Å². The summed E-state index contributed by atoms with van der Waals surface area (Å²) in [6.45, 7) is 3.25. The number of aromatic nitrogens is 3. The Balaban J connectivity index is 1.85. The van der Waals surface area contributed by atoms with Gasteiger partial charge in [0.05, 0.1) is 18.1 Å². The number of hydrogen-bond acceptors (Lipinski definition) is 3. The lowest BCUT2D eigenvalue weighted by Gasteiger charge is -2.08. The lowest BCUT2D eigenvalue weighted by molar-refractivity contribution is 0.288. The summed E-state index contributed by atoms with van der Waals surface area (Å²) >= 11 is 5.64. The van der Waals surface area contributed by atoms with Crippen LogP contribution in [-0.2, 0) is 12.4 Å². The second kappa shape index (κ2) is 5.68. The van der Waals surface area contributed by atoms with E-state index in [9.17, 15) is 0 Å². The molecule has 0 saturated carbocycles. The SMILES string of the molecule is Cc1ccccc1OCCn1cc(CCl)nn1. The number of hydrogen-bond donors (Lipinski definition) is 0. The molecule has 0 radical (unpaired) electrons. The predicted molar refractivity (Wildman–Crippen MR) is 66.3 cm³/mol. The molecule has 1 heterocycles. The molecule has 0 fully saturated rings. The quantitative estimate of drug-likeness (QED) is 0.766. The van der Waals surface area contributed by atoms with Crippen molar-refractivity contribution in [2.75, 3.05) is 6.61 Å². The van der Waals surface area contributed by atoms with Gasteiger partial charge in [0.25, 0.3) is 0 Å². The van der Waals surface area contributed by atoms with Crippen LogP contribution in [0.25, 0.3) is 0 Å². The maximum absolute atomic E-state index is 5.66. The van der Waals surface area contributed by atoms with Gasteiger partial charge in [-0.05, 0) is 18.6 Å². The Hall–Kier alpha value is -1.55. The lowest BCUT2D eigenvalue weighted by Crippen LogP contribution is -2.09. The third-order valence-corrected chi connectivity index (χ3v) is 2.67. The van der Waals surface area contributed by atoms with Crippen molar-refractivity contribution in [2.45, 2.75) is 19.3 Å². The molecule has 0 saturated heterocycles. The monoisotopic (exact) mass is 251 g/mol. The van der Waals surface area contributed by atoms with Crippen LogP contribution in [0, 0.1) is 6.92 Å². The fraction of sp³-hybridized carbons (Fsp3) is 0.333. The van der Waals surface area contributed by atoms with Gasteiger partial charge in [-0.1, -0.05) is 23.4 Å². The average molecular weight is 252 g/mol. The number of halogens is 1. The van der Waals surface area contributed by atoms with Crippen molar-refractivity contribution in [1.29, 1.82) is 0 Å². The van der Waals surface area contributed by atoms with E-state index in [1.54, 1.807) is 4.68 Å². The summed E-state index contributed by atoms with van der Waals surface area (Å²) < 4.78 is 7.39. The Bertz CT molecular complexity index is 484. The molecule has 4 nitrogen and oxygen atoms in total. The third kappa shape index (κ3) is 3.20. The fourth-order valence-corrected chi connectivity index (χ4v) is 1.60. The molecule has 5 heteroatoms. The number of benzene rings is 1. The van der Waals surface area contributed by atoms with Crippen LogP contribution in [0.1, 0.15) is 11.3 Å². The number of nitrogens with zero attached hydrogens (tertiary/aromatic N) is 3. The van der Waals surface area contributed by atoms with Crippen LogP contribution < -0.4 is 4.74 Å². The fourth-order valence-electron chi connectivity index (χ4n) is 1.48. The van der Waals surface area contributed by atoms with Crippen molar-refractivity contribution in [3.05, 3.63) is 41.7 Å². The molecule has 0 amide bonds. The molecule has 0 atom stereocenters. The zero-order valence-electron chi connectivity index (χ0n) is 9.64. The van der Waals surface area contributed by atoms with Crippen molar-refractivity contribution in [3.63, 3.8) is 0 Å². The van der Waals surface area contributed by atoms with E-state index >= 15 is 0 Å². The van der Waals surface area contributed by atoms with E-state index in [0.29, 0.717) is 19.0 Å². The second-order valence-corrected chi connectivity index (χ2v) is 3.99. The van der Waals surface area contributed by atoms with Crippen LogP contribution in [0.2, 0.25) is 0 Å². The van der Waals surface area contributed by atoms with Crippen LogP contribution >= 0.6 is 11.6 Å². The topological polar surface area (TPSA) is 39.9 Å². The smallest absolute Gasteiger partial charge is 0.122 e. The molecule has 17 heavy (non-hydrogen) atoms. The summed E-state index contributed by atoms with van der Waals surface area (Å²) in [5, 5.41) is 7.85. The molecule has 0 unspecified atom stereocenters. The van der Waals surface area contributed by atoms with Gasteiger partial charge < -0.3 is 4.74 Å². The van der Waals surface area contributed by atoms with E-state index in [2.05, 4.69) is 10.3 Å². The van der Waals surface area contributed by atoms with Gasteiger partial charge in [-0.2, -0.15) is 0 Å². The first-order chi connectivity index (χ1) is 8.29. The average Bonchev–Trinajstić information content (AvgIpc) is 2.80. The molecular weight excluding hydrogens is 238 g/mol. The summed E-state index contributed by atoms with van der Waals surface area (Å²) in [6, 6.07) is 7.94. The molecule has 2 aromatic rings. The highest BCUT2D eigenvalue weighted by Crippen LogP contribution is 2.15. The van der Waals surface area contributed by atoms with Crippen LogP contribution in [0.15, 0.2) is 30.5 Å². The third-order valence-electron chi connectivity index (χ3n) is 2.39. The first-order valence-corrected chi connectivity index (χ1v) is 5.96. The Morgan fingerprint density at radius 1 is 1.35 bits per heavy atom. The highest BCUT2D eigenvalue weighted by molar-refractivity contribution is 6.16. The minimum absolute atomic E-state index is 0.388. The minimum Gasteiger partial charge on any atom is -0.491 e. The van der Waals surface area contributed by atoms with E-state index < -0.39 is 0 Å². The van der Waals surface area contributed by atoms with Gasteiger partial charge in [0.2, 0.25) is 0 Å². The first-order valence-electron chi connectivity index (χ1n) is 5.43. The van der Waals surface area contributed by atoms with E-state index in [1.807, 2.05) is 37.4 Å². The second-order valence-electron chi connectivity index (χ2n) is 3.72. The maximum atomic E-state index is 5.66. The number of aryl methyl sites for hydroxylation is 1. The van der Waals surface area contributed by atoms with Crippen LogP contribution in [0.4, 0.5) is 0 Å². The molecule has 90 valence electrons. The number of para-hydroxylation sites is 1. The van der Waals surface area contributed by atoms with Crippen molar-refractivity contribution >= 4 is 11.6 Å². The highest BCUT2D eigenvalue weighted by atomic mass is 35.5. The lowest BCUT2D eigenvalue weighted by atomic mass is 10.2. The molecule has 0 N–H and O–H groups in total. The highest BCUT2D eigenvalue weighted by Gasteiger charge is 2.00. The summed E-state index contributed by atoms with van der Waals surface area (Å²) in [6.07, 6.45) is 1.83. The van der Waals surface area contributed by atoms with E-state index in [-0.39, 0.29) is 0 Å². The number of ether oxygens (including phenoxy) is 1. The zero-order chi connectivity index (χ0) is 12.1. The Labute approximate surface area is 105 Å². The van der Waals surface area contributed by atoms with Gasteiger partial charge in [0.15, 0.2) is 0 Å². The van der Waals surface area contributed by atoms with Crippen LogP contribution in [0.5, 0.6) is 5.75 Å². The van der Waals surface area contributed by atoms with Crippen molar-refractivity contribution in [1.82, 2.24) is 15.0 Å². The zero-order valence-corrected chi connectivity index (χ0v) is 10.4. The van der Waals surface area contributed by atoms with E-state index in [1.165, 1.54) is 0 Å². The molecular formula is C12H14ClN3O. The molecule has 1 aromatic heterocycles. The van der Waals surface area contributed by atoms with Crippen molar-refractivity contribution in [2.24, 2.45) is 0 Å². The molecule has 2 rings (SSSR count). The largest absolute Gasteiger partial charge is 0.491 e. The molecule has 0 spiro atoms. The van der Waals surface area contributed by atoms with Crippen molar-refractivity contribution in [3.8, 4) is 5.75 Å². The van der Waals surface area contributed by atoms with Gasteiger partial charge in [-0.15, -0.1) is 16.7 Å². The van der Waals surface area contributed by atoms with Crippen LogP contribution in [-0.4, -0.2) is 21.6 Å². The summed E-state index contributed by atoms with van der Waals surface area (Å²) in [7, 11) is 0. The number of rotatable bonds is 5. The van der Waals surface area contributed by atoms with Gasteiger partial charge >= 0.3 is 0 Å². The first kappa shape index (κ1) is 11.9. The predicted octanol–water partition coefficient (Wildman–Crippen LogP) is 2.40. The standard InChI is InChI=1S/C12H14ClN3O/c1-10-4-2-3-5-12(10)17-7-6-16-9-11(8-13)14-15-16/h2-5,9H,6-8H2,1H3. The summed E-state index contributed by atoms with van der Waals surface area (Å²) in [5.41, 5.74) is 1.91. The normalized spacial score (nSPS) is 10.5. The summed E-state index contributed by atoms with van der Waals surface area (Å²) in [5.74, 6) is 1.30. The Morgan fingerprint density at radius 3 is 2.88 bits per heavy atom. The molecule has 1 aromatic carbocycles. The number of alkyl halides is 1. The van der Waals surface area contributed by atoms with Crippen LogP contribution in [0.3, 0.4) is 0 Å². The molecule has 0 aliphatic heterocycles. The Morgan fingerprint density at radius 2 is 2.18 bits per heavy atom. The summed E-state index contributed by atoms with van der Waals surface area (Å²) in [4.78, 5) is 0. The molecule has 0 aliphatic rings. The molecule has 0 aliphatic carbocycles. The van der Waals surface area contributed by atoms with E-state index in [4.69, 9.17) is 16.3 Å². The van der Waals surface area contributed by atoms with Gasteiger partial charge in [0, 0.05) is 6.20 Å². The van der Waals surface area contributed by atoms with Gasteiger partial charge in [-0.25, -0.2) is 4.68 Å². The van der Waals surface area contributed by atoms with Crippen molar-refractivity contribution < 1.29 is 4.74 Å². The molecule has 0 bridgehead atoms. The Kier molecular flexibility index (Phi) is 3.98. The minimum atomic E-state index is 0.388. The van der Waals surface area contributed by atoms with Gasteiger partial charge in [-0.3, -0.25) is 0 Å².